The van der Waals surface area contributed by atoms with Crippen LogP contribution in [0.3, 0.4) is 0 Å². The number of thiophene rings is 1. The van der Waals surface area contributed by atoms with Gasteiger partial charge in [0.15, 0.2) is 5.96 Å². The quantitative estimate of drug-likeness (QED) is 0.258. The van der Waals surface area contributed by atoms with E-state index < -0.39 is 0 Å². The summed E-state index contributed by atoms with van der Waals surface area (Å²) >= 11 is 1.87. The molecule has 0 radical (unpaired) electrons. The molecular formula is C17H31IN4O2S. The van der Waals surface area contributed by atoms with Gasteiger partial charge in [0, 0.05) is 56.7 Å². The molecule has 0 aromatic carbocycles. The fourth-order valence-electron chi connectivity index (χ4n) is 2.77. The van der Waals surface area contributed by atoms with Crippen molar-refractivity contribution in [3.8, 4) is 0 Å². The van der Waals surface area contributed by atoms with Crippen molar-refractivity contribution in [1.29, 1.82) is 0 Å². The Bertz CT molecular complexity index is 507. The molecule has 1 aromatic rings. The predicted octanol–water partition coefficient (Wildman–Crippen LogP) is 2.25. The van der Waals surface area contributed by atoms with Crippen molar-refractivity contribution < 1.29 is 9.47 Å². The van der Waals surface area contributed by atoms with E-state index in [1.54, 1.807) is 7.11 Å². The average molecular weight is 482 g/mol. The fraction of sp³-hybridized carbons (Fsp3) is 0.706. The third-order valence-electron chi connectivity index (χ3n) is 4.08. The smallest absolute Gasteiger partial charge is 0.191 e. The number of ether oxygens (including phenoxy) is 2. The number of nitrogens with zero attached hydrogens (tertiary/aromatic N) is 2. The maximum atomic E-state index is 5.51. The van der Waals surface area contributed by atoms with Gasteiger partial charge in [-0.3, -0.25) is 9.89 Å². The number of hydrogen-bond acceptors (Lipinski definition) is 5. The molecule has 1 aliphatic heterocycles. The van der Waals surface area contributed by atoms with E-state index >= 15 is 0 Å². The molecule has 0 aliphatic carbocycles. The number of guanidine groups is 1. The van der Waals surface area contributed by atoms with Gasteiger partial charge in [0.2, 0.25) is 0 Å². The van der Waals surface area contributed by atoms with Crippen molar-refractivity contribution in [2.75, 3.05) is 60.2 Å². The Morgan fingerprint density at radius 3 is 2.72 bits per heavy atom. The number of halogens is 1. The summed E-state index contributed by atoms with van der Waals surface area (Å²) in [5, 5.41) is 6.81. The van der Waals surface area contributed by atoms with E-state index in [-0.39, 0.29) is 24.0 Å². The van der Waals surface area contributed by atoms with Crippen molar-refractivity contribution in [2.24, 2.45) is 4.99 Å². The number of morpholine rings is 1. The molecule has 0 amide bonds. The second-order valence-electron chi connectivity index (χ2n) is 5.84. The largest absolute Gasteiger partial charge is 0.385 e. The molecule has 6 nitrogen and oxygen atoms in total. The van der Waals surface area contributed by atoms with Crippen LogP contribution in [0, 0.1) is 6.92 Å². The minimum atomic E-state index is 0. The van der Waals surface area contributed by atoms with Gasteiger partial charge >= 0.3 is 0 Å². The summed E-state index contributed by atoms with van der Waals surface area (Å²) in [6.45, 7) is 8.18. The normalized spacial score (nSPS) is 17.0. The van der Waals surface area contributed by atoms with E-state index in [0.29, 0.717) is 6.04 Å². The molecule has 1 saturated heterocycles. The van der Waals surface area contributed by atoms with E-state index in [1.807, 2.05) is 18.4 Å². The summed E-state index contributed by atoms with van der Waals surface area (Å²) in [6, 6.07) is 4.80. The number of rotatable bonds is 8. The average Bonchev–Trinajstić information content (AvgIpc) is 3.04. The summed E-state index contributed by atoms with van der Waals surface area (Å²) in [5.74, 6) is 0.845. The van der Waals surface area contributed by atoms with Crippen LogP contribution in [0.1, 0.15) is 22.2 Å². The van der Waals surface area contributed by atoms with E-state index in [4.69, 9.17) is 9.47 Å². The molecule has 144 valence electrons. The van der Waals surface area contributed by atoms with Crippen LogP contribution in [0.2, 0.25) is 0 Å². The number of aryl methyl sites for hydroxylation is 1. The second kappa shape index (κ2) is 12.9. The minimum absolute atomic E-state index is 0. The molecule has 1 fully saturated rings. The van der Waals surface area contributed by atoms with Crippen LogP contribution in [0.15, 0.2) is 17.1 Å². The number of aliphatic imine (C=N–C) groups is 1. The third-order valence-corrected chi connectivity index (χ3v) is 5.18. The maximum Gasteiger partial charge on any atom is 0.191 e. The number of methoxy groups -OCH3 is 1. The van der Waals surface area contributed by atoms with Crippen LogP contribution in [-0.2, 0) is 9.47 Å². The molecule has 8 heteroatoms. The van der Waals surface area contributed by atoms with E-state index in [2.05, 4.69) is 39.6 Å². The topological polar surface area (TPSA) is 58.1 Å². The first-order valence-electron chi connectivity index (χ1n) is 8.56. The first kappa shape index (κ1) is 22.6. The van der Waals surface area contributed by atoms with Crippen LogP contribution in [0.25, 0.3) is 0 Å². The zero-order chi connectivity index (χ0) is 17.2. The Morgan fingerprint density at radius 2 is 2.12 bits per heavy atom. The van der Waals surface area contributed by atoms with Crippen LogP contribution in [0.4, 0.5) is 0 Å². The molecule has 2 rings (SSSR count). The number of hydrogen-bond donors (Lipinski definition) is 2. The highest BCUT2D eigenvalue weighted by atomic mass is 127. The van der Waals surface area contributed by atoms with E-state index in [0.717, 1.165) is 58.4 Å². The Balaban J connectivity index is 0.00000312. The van der Waals surface area contributed by atoms with Gasteiger partial charge in [-0.1, -0.05) is 0 Å². The van der Waals surface area contributed by atoms with Gasteiger partial charge < -0.3 is 20.1 Å². The molecule has 1 atom stereocenters. The molecule has 0 bridgehead atoms. The molecular weight excluding hydrogens is 451 g/mol. The lowest BCUT2D eigenvalue weighted by atomic mass is 10.2. The minimum Gasteiger partial charge on any atom is -0.385 e. The molecule has 0 saturated carbocycles. The lowest BCUT2D eigenvalue weighted by molar-refractivity contribution is 0.0177. The van der Waals surface area contributed by atoms with Crippen molar-refractivity contribution in [3.05, 3.63) is 21.9 Å². The van der Waals surface area contributed by atoms with Gasteiger partial charge in [-0.2, -0.15) is 0 Å². The highest BCUT2D eigenvalue weighted by molar-refractivity contribution is 14.0. The zero-order valence-corrected chi connectivity index (χ0v) is 18.6. The summed E-state index contributed by atoms with van der Waals surface area (Å²) < 4.78 is 10.6. The van der Waals surface area contributed by atoms with Crippen LogP contribution < -0.4 is 10.6 Å². The van der Waals surface area contributed by atoms with Gasteiger partial charge in [0.25, 0.3) is 0 Å². The molecule has 0 spiro atoms. The molecule has 1 unspecified atom stereocenters. The Kier molecular flexibility index (Phi) is 11.6. The van der Waals surface area contributed by atoms with Crippen molar-refractivity contribution in [1.82, 2.24) is 15.5 Å². The Morgan fingerprint density at radius 1 is 1.36 bits per heavy atom. The highest BCUT2D eigenvalue weighted by Crippen LogP contribution is 2.27. The standard InChI is InChI=1S/C17H30N4O2S.HI/c1-14-5-6-16(24-14)15(21-8-11-23-12-9-21)13-20-17(18-2)19-7-4-10-22-3;/h5-6,15H,4,7-13H2,1-3H3,(H2,18,19,20);1H. The summed E-state index contributed by atoms with van der Waals surface area (Å²) in [7, 11) is 3.54. The van der Waals surface area contributed by atoms with Gasteiger partial charge in [0.1, 0.15) is 0 Å². The van der Waals surface area contributed by atoms with Gasteiger partial charge in [-0.15, -0.1) is 35.3 Å². The fourth-order valence-corrected chi connectivity index (χ4v) is 3.78. The number of nitrogens with one attached hydrogen (secondary N) is 2. The van der Waals surface area contributed by atoms with Gasteiger partial charge in [-0.25, -0.2) is 0 Å². The second-order valence-corrected chi connectivity index (χ2v) is 7.16. The predicted molar refractivity (Wildman–Crippen MR) is 115 cm³/mol. The van der Waals surface area contributed by atoms with Gasteiger partial charge in [0.05, 0.1) is 19.3 Å². The van der Waals surface area contributed by atoms with E-state index in [9.17, 15) is 0 Å². The van der Waals surface area contributed by atoms with Crippen LogP contribution in [-0.4, -0.2) is 71.0 Å². The molecule has 1 aliphatic rings. The highest BCUT2D eigenvalue weighted by Gasteiger charge is 2.24. The summed E-state index contributed by atoms with van der Waals surface area (Å²) in [4.78, 5) is 9.57. The van der Waals surface area contributed by atoms with E-state index in [1.165, 1.54) is 9.75 Å². The first-order chi connectivity index (χ1) is 11.7. The van der Waals surface area contributed by atoms with Crippen molar-refractivity contribution >= 4 is 41.3 Å². The van der Waals surface area contributed by atoms with Gasteiger partial charge in [-0.05, 0) is 25.5 Å². The van der Waals surface area contributed by atoms with Crippen molar-refractivity contribution in [3.63, 3.8) is 0 Å². The lowest BCUT2D eigenvalue weighted by Gasteiger charge is -2.34. The lowest BCUT2D eigenvalue weighted by Crippen LogP contribution is -2.46. The third kappa shape index (κ3) is 7.78. The first-order valence-corrected chi connectivity index (χ1v) is 9.38. The van der Waals surface area contributed by atoms with Crippen LogP contribution >= 0.6 is 35.3 Å². The molecule has 2 N–H and O–H groups in total. The Hall–Kier alpha value is -0.420. The monoisotopic (exact) mass is 482 g/mol. The van der Waals surface area contributed by atoms with Crippen LogP contribution in [0.5, 0.6) is 0 Å². The summed E-state index contributed by atoms with van der Waals surface area (Å²) in [5.41, 5.74) is 0. The molecule has 25 heavy (non-hydrogen) atoms. The zero-order valence-electron chi connectivity index (χ0n) is 15.4. The SMILES string of the molecule is CN=C(NCCCOC)NCC(c1ccc(C)s1)N1CCOCC1.I. The molecule has 2 heterocycles. The maximum absolute atomic E-state index is 5.51. The Labute approximate surface area is 172 Å². The van der Waals surface area contributed by atoms with Crippen molar-refractivity contribution in [2.45, 2.75) is 19.4 Å². The molecule has 1 aromatic heterocycles. The summed E-state index contributed by atoms with van der Waals surface area (Å²) in [6.07, 6.45) is 0.966.